The van der Waals surface area contributed by atoms with Crippen LogP contribution in [0, 0.1) is 27.7 Å². The van der Waals surface area contributed by atoms with Gasteiger partial charge in [-0.1, -0.05) is 17.7 Å². The van der Waals surface area contributed by atoms with E-state index in [1.807, 2.05) is 19.3 Å². The molecule has 2 aromatic rings. The first-order valence-corrected chi connectivity index (χ1v) is 5.18. The van der Waals surface area contributed by atoms with Crippen LogP contribution in [0.1, 0.15) is 22.5 Å². The summed E-state index contributed by atoms with van der Waals surface area (Å²) in [5, 5.41) is 0. The molecule has 0 fully saturated rings. The molecule has 0 N–H and O–H groups in total. The van der Waals surface area contributed by atoms with Crippen molar-refractivity contribution < 1.29 is 0 Å². The van der Waals surface area contributed by atoms with Crippen molar-refractivity contribution in [3.63, 3.8) is 0 Å². The topological polar surface area (TPSA) is 17.8 Å². The van der Waals surface area contributed by atoms with Gasteiger partial charge in [-0.25, -0.2) is 4.98 Å². The van der Waals surface area contributed by atoms with Crippen LogP contribution in [0.25, 0.3) is 5.69 Å². The molecule has 0 aliphatic rings. The Morgan fingerprint density at radius 3 is 2.07 bits per heavy atom. The van der Waals surface area contributed by atoms with Crippen LogP contribution in [0.2, 0.25) is 0 Å². The maximum atomic E-state index is 4.26. The normalized spacial score (nSPS) is 10.7. The average Bonchev–Trinajstić information content (AvgIpc) is 2.50. The summed E-state index contributed by atoms with van der Waals surface area (Å²) in [5.41, 5.74) is 5.17. The molecule has 15 heavy (non-hydrogen) atoms. The van der Waals surface area contributed by atoms with Gasteiger partial charge in [0.25, 0.3) is 0 Å². The van der Waals surface area contributed by atoms with Gasteiger partial charge in [0.15, 0.2) is 0 Å². The monoisotopic (exact) mass is 200 g/mol. The molecular formula is C13H16N2. The Labute approximate surface area is 90.6 Å². The summed E-state index contributed by atoms with van der Waals surface area (Å²) >= 11 is 0. The minimum Gasteiger partial charge on any atom is -0.303 e. The lowest BCUT2D eigenvalue weighted by Crippen LogP contribution is -2.01. The van der Waals surface area contributed by atoms with Gasteiger partial charge in [0.2, 0.25) is 0 Å². The van der Waals surface area contributed by atoms with E-state index in [0.717, 1.165) is 5.82 Å². The van der Waals surface area contributed by atoms with Crippen LogP contribution in [-0.4, -0.2) is 9.55 Å². The van der Waals surface area contributed by atoms with Crippen LogP contribution in [0.5, 0.6) is 0 Å². The summed E-state index contributed by atoms with van der Waals surface area (Å²) < 4.78 is 2.14. The number of aromatic nitrogens is 2. The van der Waals surface area contributed by atoms with Gasteiger partial charge in [0.05, 0.1) is 5.69 Å². The highest BCUT2D eigenvalue weighted by Crippen LogP contribution is 2.21. The van der Waals surface area contributed by atoms with Crippen molar-refractivity contribution in [3.05, 3.63) is 47.0 Å². The fourth-order valence-corrected chi connectivity index (χ4v) is 2.17. The molecule has 0 aliphatic heterocycles. The number of nitrogens with zero attached hydrogens (tertiary/aromatic N) is 2. The Morgan fingerprint density at radius 2 is 1.60 bits per heavy atom. The fourth-order valence-electron chi connectivity index (χ4n) is 2.17. The van der Waals surface area contributed by atoms with Crippen LogP contribution in [-0.2, 0) is 0 Å². The largest absolute Gasteiger partial charge is 0.303 e. The van der Waals surface area contributed by atoms with E-state index in [4.69, 9.17) is 0 Å². The van der Waals surface area contributed by atoms with Crippen molar-refractivity contribution in [2.45, 2.75) is 27.7 Å². The Balaban J connectivity index is 2.68. The van der Waals surface area contributed by atoms with Crippen LogP contribution < -0.4 is 0 Å². The standard InChI is InChI=1S/C13H16N2/c1-9-7-10(2)13(11(3)8-9)15-6-5-14-12(15)4/h5-8H,1-4H3. The van der Waals surface area contributed by atoms with E-state index in [-0.39, 0.29) is 0 Å². The van der Waals surface area contributed by atoms with Crippen molar-refractivity contribution in [1.29, 1.82) is 0 Å². The lowest BCUT2D eigenvalue weighted by molar-refractivity contribution is 0.952. The lowest BCUT2D eigenvalue weighted by Gasteiger charge is -2.13. The number of imidazole rings is 1. The molecule has 1 aromatic carbocycles. The molecule has 1 heterocycles. The highest BCUT2D eigenvalue weighted by molar-refractivity contribution is 5.49. The number of aryl methyl sites for hydroxylation is 4. The lowest BCUT2D eigenvalue weighted by atomic mass is 10.0. The van der Waals surface area contributed by atoms with Gasteiger partial charge in [0.1, 0.15) is 5.82 Å². The minimum absolute atomic E-state index is 1.03. The number of benzene rings is 1. The molecule has 0 spiro atoms. The first kappa shape index (κ1) is 9.97. The SMILES string of the molecule is Cc1cc(C)c(-n2ccnc2C)c(C)c1. The molecule has 2 heteroatoms. The van der Waals surface area contributed by atoms with E-state index in [2.05, 4.69) is 42.5 Å². The smallest absolute Gasteiger partial charge is 0.110 e. The molecule has 2 nitrogen and oxygen atoms in total. The van der Waals surface area contributed by atoms with Crippen molar-refractivity contribution >= 4 is 0 Å². The molecule has 0 saturated heterocycles. The van der Waals surface area contributed by atoms with Gasteiger partial charge in [-0.15, -0.1) is 0 Å². The second-order valence-corrected chi connectivity index (χ2v) is 4.09. The quantitative estimate of drug-likeness (QED) is 0.691. The van der Waals surface area contributed by atoms with E-state index in [0.29, 0.717) is 0 Å². The van der Waals surface area contributed by atoms with Gasteiger partial charge in [-0.3, -0.25) is 0 Å². The van der Waals surface area contributed by atoms with Gasteiger partial charge < -0.3 is 4.57 Å². The zero-order valence-corrected chi connectivity index (χ0v) is 9.70. The van der Waals surface area contributed by atoms with E-state index < -0.39 is 0 Å². The molecule has 0 amide bonds. The Bertz CT molecular complexity index is 472. The first-order chi connectivity index (χ1) is 7.09. The van der Waals surface area contributed by atoms with Crippen LogP contribution in [0.4, 0.5) is 0 Å². The van der Waals surface area contributed by atoms with Gasteiger partial charge >= 0.3 is 0 Å². The van der Waals surface area contributed by atoms with E-state index in [9.17, 15) is 0 Å². The molecule has 0 atom stereocenters. The molecule has 0 bridgehead atoms. The minimum atomic E-state index is 1.03. The van der Waals surface area contributed by atoms with Gasteiger partial charge in [-0.05, 0) is 38.8 Å². The van der Waals surface area contributed by atoms with Gasteiger partial charge in [0, 0.05) is 12.4 Å². The highest BCUT2D eigenvalue weighted by Gasteiger charge is 2.07. The Hall–Kier alpha value is -1.57. The zero-order chi connectivity index (χ0) is 11.0. The summed E-state index contributed by atoms with van der Waals surface area (Å²) in [7, 11) is 0. The summed E-state index contributed by atoms with van der Waals surface area (Å²) in [4.78, 5) is 4.26. The molecule has 78 valence electrons. The zero-order valence-electron chi connectivity index (χ0n) is 9.70. The predicted molar refractivity (Wildman–Crippen MR) is 62.5 cm³/mol. The maximum absolute atomic E-state index is 4.26. The second-order valence-electron chi connectivity index (χ2n) is 4.09. The van der Waals surface area contributed by atoms with Crippen molar-refractivity contribution in [2.24, 2.45) is 0 Å². The van der Waals surface area contributed by atoms with E-state index in [1.165, 1.54) is 22.4 Å². The van der Waals surface area contributed by atoms with Crippen LogP contribution in [0.15, 0.2) is 24.5 Å². The van der Waals surface area contributed by atoms with Crippen LogP contribution >= 0.6 is 0 Å². The van der Waals surface area contributed by atoms with E-state index in [1.54, 1.807) is 0 Å². The van der Waals surface area contributed by atoms with Crippen molar-refractivity contribution in [2.75, 3.05) is 0 Å². The van der Waals surface area contributed by atoms with Crippen LogP contribution in [0.3, 0.4) is 0 Å². The average molecular weight is 200 g/mol. The molecular weight excluding hydrogens is 184 g/mol. The maximum Gasteiger partial charge on any atom is 0.110 e. The Kier molecular flexibility index (Phi) is 2.35. The summed E-state index contributed by atoms with van der Waals surface area (Å²) in [5.74, 6) is 1.03. The second kappa shape index (κ2) is 3.54. The summed E-state index contributed by atoms with van der Waals surface area (Å²) in [6, 6.07) is 4.42. The summed E-state index contributed by atoms with van der Waals surface area (Å²) in [6.45, 7) is 8.45. The van der Waals surface area contributed by atoms with Crippen molar-refractivity contribution in [1.82, 2.24) is 9.55 Å². The number of hydrogen-bond acceptors (Lipinski definition) is 1. The molecule has 0 saturated carbocycles. The molecule has 0 aliphatic carbocycles. The molecule has 0 radical (unpaired) electrons. The Morgan fingerprint density at radius 1 is 1.00 bits per heavy atom. The molecule has 0 unspecified atom stereocenters. The number of rotatable bonds is 1. The third kappa shape index (κ3) is 1.67. The third-order valence-corrected chi connectivity index (χ3v) is 2.70. The fraction of sp³-hybridized carbons (Fsp3) is 0.308. The molecule has 2 rings (SSSR count). The van der Waals surface area contributed by atoms with Crippen molar-refractivity contribution in [3.8, 4) is 5.69 Å². The van der Waals surface area contributed by atoms with Gasteiger partial charge in [-0.2, -0.15) is 0 Å². The first-order valence-electron chi connectivity index (χ1n) is 5.18. The molecule has 1 aromatic heterocycles. The highest BCUT2D eigenvalue weighted by atomic mass is 15.1. The third-order valence-electron chi connectivity index (χ3n) is 2.70. The van der Waals surface area contributed by atoms with E-state index >= 15 is 0 Å². The number of hydrogen-bond donors (Lipinski definition) is 0. The predicted octanol–water partition coefficient (Wildman–Crippen LogP) is 3.11. The summed E-state index contributed by atoms with van der Waals surface area (Å²) in [6.07, 6.45) is 3.86.